The summed E-state index contributed by atoms with van der Waals surface area (Å²) in [5, 5.41) is 0. The number of hydrogen-bond donors (Lipinski definition) is 0. The maximum Gasteiger partial charge on any atom is 0.222 e. The molecule has 1 saturated heterocycles. The number of amides is 1. The molecule has 1 heterocycles. The van der Waals surface area contributed by atoms with Crippen LogP contribution in [0, 0.1) is 28.6 Å². The standard InChI is InChI=1S/C25H35NO2/c1-24-13-11-20-19(9-10-22-25(20,2)14-12-23(27)26(22)3)21(24)15-18(16-24)28-17-7-5-4-6-8-17/h4-8,18-22H,9-16H2,1-3H3/t18?,19-,20-,21+,22?,24-,25-/m1/s1. The minimum Gasteiger partial charge on any atom is -0.490 e. The van der Waals surface area contributed by atoms with Gasteiger partial charge in [-0.15, -0.1) is 0 Å². The number of para-hydroxylation sites is 1. The molecule has 0 spiro atoms. The molecule has 1 amide bonds. The van der Waals surface area contributed by atoms with E-state index in [-0.39, 0.29) is 0 Å². The lowest BCUT2D eigenvalue weighted by Gasteiger charge is -2.61. The molecule has 1 aliphatic heterocycles. The van der Waals surface area contributed by atoms with Crippen LogP contribution in [0.2, 0.25) is 0 Å². The molecule has 0 N–H and O–H groups in total. The van der Waals surface area contributed by atoms with Gasteiger partial charge in [0.15, 0.2) is 0 Å². The number of hydrogen-bond acceptors (Lipinski definition) is 2. The minimum absolute atomic E-state index is 0.311. The highest BCUT2D eigenvalue weighted by Crippen LogP contribution is 2.64. The average Bonchev–Trinajstić information content (AvgIpc) is 3.02. The Morgan fingerprint density at radius 2 is 1.82 bits per heavy atom. The largest absolute Gasteiger partial charge is 0.490 e. The molecular formula is C25H35NO2. The Kier molecular flexibility index (Phi) is 4.30. The molecule has 1 aromatic rings. The summed E-state index contributed by atoms with van der Waals surface area (Å²) in [5.41, 5.74) is 0.742. The number of piperidine rings is 1. The van der Waals surface area contributed by atoms with Crippen LogP contribution < -0.4 is 4.74 Å². The lowest BCUT2D eigenvalue weighted by Crippen LogP contribution is -2.61. The molecule has 3 aliphatic carbocycles. The van der Waals surface area contributed by atoms with Crippen LogP contribution in [0.3, 0.4) is 0 Å². The van der Waals surface area contributed by atoms with Gasteiger partial charge in [-0.2, -0.15) is 0 Å². The Balaban J connectivity index is 1.37. The Morgan fingerprint density at radius 1 is 1.04 bits per heavy atom. The third-order valence-corrected chi connectivity index (χ3v) is 9.33. The van der Waals surface area contributed by atoms with Gasteiger partial charge in [0.05, 0.1) is 6.10 Å². The first-order chi connectivity index (χ1) is 13.4. The number of carbonyl (C=O) groups excluding carboxylic acids is 1. The van der Waals surface area contributed by atoms with E-state index in [4.69, 9.17) is 4.74 Å². The van der Waals surface area contributed by atoms with Crippen LogP contribution >= 0.6 is 0 Å². The normalized spacial score (nSPS) is 45.2. The summed E-state index contributed by atoms with van der Waals surface area (Å²) in [6.45, 7) is 5.04. The monoisotopic (exact) mass is 381 g/mol. The Bertz CT molecular complexity index is 748. The summed E-state index contributed by atoms with van der Waals surface area (Å²) in [5.74, 6) is 3.75. The molecule has 5 rings (SSSR count). The van der Waals surface area contributed by atoms with Crippen LogP contribution in [0.25, 0.3) is 0 Å². The van der Waals surface area contributed by atoms with Crippen molar-refractivity contribution in [3.05, 3.63) is 30.3 Å². The number of fused-ring (bicyclic) bond motifs is 5. The molecule has 4 fully saturated rings. The molecule has 0 aromatic heterocycles. The van der Waals surface area contributed by atoms with Gasteiger partial charge < -0.3 is 9.64 Å². The summed E-state index contributed by atoms with van der Waals surface area (Å²) in [6.07, 6.45) is 9.76. The number of ether oxygens (including phenoxy) is 1. The Hall–Kier alpha value is -1.51. The van der Waals surface area contributed by atoms with E-state index in [1.165, 1.54) is 38.5 Å². The van der Waals surface area contributed by atoms with Crippen molar-refractivity contribution in [2.45, 2.75) is 77.4 Å². The van der Waals surface area contributed by atoms with Gasteiger partial charge in [-0.25, -0.2) is 0 Å². The summed E-state index contributed by atoms with van der Waals surface area (Å²) in [4.78, 5) is 14.4. The van der Waals surface area contributed by atoms with Gasteiger partial charge in [-0.3, -0.25) is 4.79 Å². The van der Waals surface area contributed by atoms with Gasteiger partial charge in [-0.1, -0.05) is 32.0 Å². The molecule has 0 radical (unpaired) electrons. The molecule has 28 heavy (non-hydrogen) atoms. The molecule has 2 unspecified atom stereocenters. The number of benzene rings is 1. The summed E-state index contributed by atoms with van der Waals surface area (Å²) in [6, 6.07) is 10.8. The van der Waals surface area contributed by atoms with E-state index in [0.29, 0.717) is 28.9 Å². The van der Waals surface area contributed by atoms with Crippen molar-refractivity contribution in [3.63, 3.8) is 0 Å². The second-order valence-corrected chi connectivity index (χ2v) is 10.7. The van der Waals surface area contributed by atoms with E-state index in [1.54, 1.807) is 0 Å². The summed E-state index contributed by atoms with van der Waals surface area (Å²) >= 11 is 0. The topological polar surface area (TPSA) is 29.5 Å². The lowest BCUT2D eigenvalue weighted by atomic mass is 9.47. The first kappa shape index (κ1) is 18.5. The van der Waals surface area contributed by atoms with Gasteiger partial charge in [0, 0.05) is 19.5 Å². The zero-order valence-electron chi connectivity index (χ0n) is 17.7. The zero-order valence-corrected chi connectivity index (χ0v) is 17.7. The van der Waals surface area contributed by atoms with Crippen molar-refractivity contribution >= 4 is 5.91 Å². The number of rotatable bonds is 2. The molecular weight excluding hydrogens is 346 g/mol. The van der Waals surface area contributed by atoms with Crippen molar-refractivity contribution in [2.75, 3.05) is 7.05 Å². The minimum atomic E-state index is 0.311. The van der Waals surface area contributed by atoms with Crippen LogP contribution in [-0.4, -0.2) is 30.0 Å². The fourth-order valence-electron chi connectivity index (χ4n) is 7.93. The second-order valence-electron chi connectivity index (χ2n) is 10.7. The van der Waals surface area contributed by atoms with E-state index >= 15 is 0 Å². The van der Waals surface area contributed by atoms with Gasteiger partial charge in [0.2, 0.25) is 5.91 Å². The third-order valence-electron chi connectivity index (χ3n) is 9.33. The fraction of sp³-hybridized carbons (Fsp3) is 0.720. The molecule has 3 heteroatoms. The van der Waals surface area contributed by atoms with E-state index < -0.39 is 0 Å². The molecule has 1 aromatic carbocycles. The molecule has 4 aliphatic rings. The van der Waals surface area contributed by atoms with Gasteiger partial charge in [0.25, 0.3) is 0 Å². The maximum absolute atomic E-state index is 12.3. The van der Waals surface area contributed by atoms with Crippen molar-refractivity contribution < 1.29 is 9.53 Å². The van der Waals surface area contributed by atoms with E-state index in [9.17, 15) is 4.79 Å². The Morgan fingerprint density at radius 3 is 2.61 bits per heavy atom. The van der Waals surface area contributed by atoms with Gasteiger partial charge >= 0.3 is 0 Å². The predicted octanol–water partition coefficient (Wildman–Crippen LogP) is 5.30. The first-order valence-electron chi connectivity index (χ1n) is 11.4. The quantitative estimate of drug-likeness (QED) is 0.696. The first-order valence-corrected chi connectivity index (χ1v) is 11.4. The lowest BCUT2D eigenvalue weighted by molar-refractivity contribution is -0.156. The van der Waals surface area contributed by atoms with Gasteiger partial charge in [-0.05, 0) is 85.7 Å². The molecule has 3 saturated carbocycles. The number of likely N-dealkylation sites (tertiary alicyclic amines) is 1. The van der Waals surface area contributed by atoms with E-state index in [1.807, 2.05) is 0 Å². The third kappa shape index (κ3) is 2.72. The fourth-order valence-corrected chi connectivity index (χ4v) is 7.93. The zero-order chi connectivity index (χ0) is 19.5. The summed E-state index contributed by atoms with van der Waals surface area (Å²) in [7, 11) is 2.05. The van der Waals surface area contributed by atoms with Crippen LogP contribution in [0.5, 0.6) is 5.75 Å². The van der Waals surface area contributed by atoms with Crippen LogP contribution in [0.1, 0.15) is 65.2 Å². The second kappa shape index (κ2) is 6.50. The van der Waals surface area contributed by atoms with Gasteiger partial charge in [0.1, 0.15) is 5.75 Å². The van der Waals surface area contributed by atoms with Crippen LogP contribution in [0.15, 0.2) is 30.3 Å². The average molecular weight is 382 g/mol. The SMILES string of the molecule is CN1C(=O)CC[C@@]2(C)C1CC[C@@H]1[C@H]2CC[C@]2(C)CC(Oc3ccccc3)C[C@@H]12. The van der Waals surface area contributed by atoms with Crippen molar-refractivity contribution in [2.24, 2.45) is 28.6 Å². The highest BCUT2D eigenvalue weighted by Gasteiger charge is 2.60. The van der Waals surface area contributed by atoms with Crippen LogP contribution in [-0.2, 0) is 4.79 Å². The molecule has 152 valence electrons. The number of carbonyl (C=O) groups is 1. The maximum atomic E-state index is 12.3. The predicted molar refractivity (Wildman–Crippen MR) is 111 cm³/mol. The van der Waals surface area contributed by atoms with Crippen LogP contribution in [0.4, 0.5) is 0 Å². The van der Waals surface area contributed by atoms with Crippen molar-refractivity contribution in [1.29, 1.82) is 0 Å². The van der Waals surface area contributed by atoms with Crippen molar-refractivity contribution in [3.8, 4) is 5.75 Å². The number of nitrogens with zero attached hydrogens (tertiary/aromatic N) is 1. The molecule has 7 atom stereocenters. The van der Waals surface area contributed by atoms with E-state index in [2.05, 4.69) is 56.1 Å². The Labute approximate surface area is 169 Å². The summed E-state index contributed by atoms with van der Waals surface area (Å²) < 4.78 is 6.42. The molecule has 3 nitrogen and oxygen atoms in total. The highest BCUT2D eigenvalue weighted by molar-refractivity contribution is 5.77. The molecule has 0 bridgehead atoms. The van der Waals surface area contributed by atoms with E-state index in [0.717, 1.165) is 36.3 Å². The highest BCUT2D eigenvalue weighted by atomic mass is 16.5. The smallest absolute Gasteiger partial charge is 0.222 e. The van der Waals surface area contributed by atoms with Crippen molar-refractivity contribution in [1.82, 2.24) is 4.90 Å².